The Kier molecular flexibility index (Phi) is 3.64. The molecule has 0 spiro atoms. The van der Waals surface area contributed by atoms with Gasteiger partial charge in [-0.2, -0.15) is 10.1 Å². The van der Waals surface area contributed by atoms with Crippen LogP contribution >= 0.6 is 0 Å². The molecule has 0 saturated heterocycles. The number of hydrogen-bond acceptors (Lipinski definition) is 7. The van der Waals surface area contributed by atoms with Crippen LogP contribution in [-0.4, -0.2) is 20.3 Å². The van der Waals surface area contributed by atoms with Crippen molar-refractivity contribution in [3.63, 3.8) is 0 Å². The van der Waals surface area contributed by atoms with Gasteiger partial charge in [-0.15, -0.1) is 0 Å². The Morgan fingerprint density at radius 2 is 1.96 bits per heavy atom. The monoisotopic (exact) mass is 323 g/mol. The molecule has 0 amide bonds. The number of hydrogen-bond donors (Lipinski definition) is 2. The molecule has 0 unspecified atom stereocenters. The van der Waals surface area contributed by atoms with E-state index in [9.17, 15) is 4.79 Å². The van der Waals surface area contributed by atoms with E-state index in [1.54, 1.807) is 24.5 Å². The van der Waals surface area contributed by atoms with Crippen LogP contribution in [0.15, 0.2) is 56.4 Å². The van der Waals surface area contributed by atoms with E-state index in [1.807, 2.05) is 18.2 Å². The van der Waals surface area contributed by atoms with E-state index >= 15 is 0 Å². The van der Waals surface area contributed by atoms with Crippen LogP contribution < -0.4 is 10.9 Å². The van der Waals surface area contributed by atoms with Crippen molar-refractivity contribution in [1.29, 1.82) is 0 Å². The summed E-state index contributed by atoms with van der Waals surface area (Å²) in [6.07, 6.45) is 1.55. The van der Waals surface area contributed by atoms with Crippen LogP contribution in [0.3, 0.4) is 0 Å². The van der Waals surface area contributed by atoms with Crippen LogP contribution in [-0.2, 0) is 13.1 Å². The van der Waals surface area contributed by atoms with Crippen LogP contribution in [0.25, 0.3) is 22.4 Å². The normalized spacial score (nSPS) is 11.2. The van der Waals surface area contributed by atoms with Crippen molar-refractivity contribution in [3.05, 3.63) is 64.6 Å². The molecule has 3 heterocycles. The fraction of sp³-hybridized carbons (Fsp3) is 0.125. The molecule has 4 aromatic rings. The molecule has 2 N–H and O–H groups in total. The number of benzene rings is 1. The minimum Gasteiger partial charge on any atom is -0.461 e. The molecular formula is C16H13N5O3. The molecule has 0 radical (unpaired) electrons. The second-order valence-corrected chi connectivity index (χ2v) is 5.14. The maximum absolute atomic E-state index is 11.8. The van der Waals surface area contributed by atoms with Gasteiger partial charge in [-0.05, 0) is 18.2 Å². The average Bonchev–Trinajstić information content (AvgIpc) is 3.28. The summed E-state index contributed by atoms with van der Waals surface area (Å²) < 4.78 is 10.4. The predicted molar refractivity (Wildman–Crippen MR) is 84.9 cm³/mol. The van der Waals surface area contributed by atoms with E-state index in [1.165, 1.54) is 0 Å². The summed E-state index contributed by atoms with van der Waals surface area (Å²) in [4.78, 5) is 16.0. The van der Waals surface area contributed by atoms with Crippen molar-refractivity contribution < 1.29 is 8.94 Å². The van der Waals surface area contributed by atoms with Gasteiger partial charge in [0.05, 0.1) is 23.9 Å². The molecule has 0 atom stereocenters. The second-order valence-electron chi connectivity index (χ2n) is 5.14. The zero-order valence-electron chi connectivity index (χ0n) is 12.5. The highest BCUT2D eigenvalue weighted by Crippen LogP contribution is 2.16. The number of nitrogens with one attached hydrogen (secondary N) is 2. The SMILES string of the molecule is O=c1[nH]nc(CNCc2nc(-c3ccco3)no2)c2ccccc12. The van der Waals surface area contributed by atoms with Crippen LogP contribution in [0.5, 0.6) is 0 Å². The average molecular weight is 323 g/mol. The molecule has 1 aromatic carbocycles. The Hall–Kier alpha value is -3.26. The van der Waals surface area contributed by atoms with Crippen LogP contribution in [0.2, 0.25) is 0 Å². The Labute approximate surface area is 135 Å². The highest BCUT2D eigenvalue weighted by molar-refractivity contribution is 5.83. The summed E-state index contributed by atoms with van der Waals surface area (Å²) in [6.45, 7) is 0.832. The minimum absolute atomic E-state index is 0.200. The fourth-order valence-corrected chi connectivity index (χ4v) is 2.43. The van der Waals surface area contributed by atoms with E-state index in [4.69, 9.17) is 8.94 Å². The van der Waals surface area contributed by atoms with Gasteiger partial charge < -0.3 is 14.3 Å². The van der Waals surface area contributed by atoms with Crippen LogP contribution in [0.4, 0.5) is 0 Å². The van der Waals surface area contributed by atoms with Crippen LogP contribution in [0.1, 0.15) is 11.6 Å². The first-order valence-corrected chi connectivity index (χ1v) is 7.35. The van der Waals surface area contributed by atoms with E-state index in [0.29, 0.717) is 36.0 Å². The summed E-state index contributed by atoms with van der Waals surface area (Å²) in [5, 5.41) is 15.1. The first-order chi connectivity index (χ1) is 11.8. The van der Waals surface area contributed by atoms with E-state index < -0.39 is 0 Å². The molecule has 0 fully saturated rings. The molecular weight excluding hydrogens is 310 g/mol. The number of nitrogens with zero attached hydrogens (tertiary/aromatic N) is 3. The Balaban J connectivity index is 1.47. The number of aromatic nitrogens is 4. The molecule has 0 aliphatic heterocycles. The smallest absolute Gasteiger partial charge is 0.272 e. The van der Waals surface area contributed by atoms with Gasteiger partial charge in [0.25, 0.3) is 5.56 Å². The molecule has 8 heteroatoms. The van der Waals surface area contributed by atoms with Crippen molar-refractivity contribution in [2.24, 2.45) is 0 Å². The lowest BCUT2D eigenvalue weighted by molar-refractivity contribution is 0.366. The van der Waals surface area contributed by atoms with E-state index in [0.717, 1.165) is 11.1 Å². The van der Waals surface area contributed by atoms with E-state index in [2.05, 4.69) is 25.7 Å². The van der Waals surface area contributed by atoms with Gasteiger partial charge in [0.1, 0.15) is 0 Å². The third kappa shape index (κ3) is 2.70. The van der Waals surface area contributed by atoms with Crippen molar-refractivity contribution in [3.8, 4) is 11.6 Å². The zero-order valence-corrected chi connectivity index (χ0v) is 12.5. The van der Waals surface area contributed by atoms with Crippen LogP contribution in [0, 0.1) is 0 Å². The number of furan rings is 1. The molecule has 0 saturated carbocycles. The molecule has 4 rings (SSSR count). The summed E-state index contributed by atoms with van der Waals surface area (Å²) >= 11 is 0. The third-order valence-corrected chi connectivity index (χ3v) is 3.55. The maximum atomic E-state index is 11.8. The number of fused-ring (bicyclic) bond motifs is 1. The zero-order chi connectivity index (χ0) is 16.4. The van der Waals surface area contributed by atoms with Gasteiger partial charge in [0, 0.05) is 11.9 Å². The highest BCUT2D eigenvalue weighted by atomic mass is 16.5. The first-order valence-electron chi connectivity index (χ1n) is 7.35. The number of rotatable bonds is 5. The number of aromatic amines is 1. The quantitative estimate of drug-likeness (QED) is 0.576. The predicted octanol–water partition coefficient (Wildman–Crippen LogP) is 1.86. The highest BCUT2D eigenvalue weighted by Gasteiger charge is 2.11. The largest absolute Gasteiger partial charge is 0.461 e. The Morgan fingerprint density at radius 3 is 2.79 bits per heavy atom. The van der Waals surface area contributed by atoms with Crippen molar-refractivity contribution >= 4 is 10.8 Å². The lowest BCUT2D eigenvalue weighted by atomic mass is 10.1. The summed E-state index contributed by atoms with van der Waals surface area (Å²) in [5.41, 5.74) is 0.547. The van der Waals surface area contributed by atoms with Gasteiger partial charge in [-0.25, -0.2) is 5.10 Å². The number of H-pyrrole nitrogens is 1. The summed E-state index contributed by atoms with van der Waals surface area (Å²) in [5.74, 6) is 1.40. The fourth-order valence-electron chi connectivity index (χ4n) is 2.43. The molecule has 24 heavy (non-hydrogen) atoms. The summed E-state index contributed by atoms with van der Waals surface area (Å²) in [7, 11) is 0. The minimum atomic E-state index is -0.200. The van der Waals surface area contributed by atoms with E-state index in [-0.39, 0.29) is 5.56 Å². The lowest BCUT2D eigenvalue weighted by Crippen LogP contribution is -2.18. The third-order valence-electron chi connectivity index (χ3n) is 3.55. The molecule has 120 valence electrons. The lowest BCUT2D eigenvalue weighted by Gasteiger charge is -2.04. The van der Waals surface area contributed by atoms with Crippen molar-refractivity contribution in [2.75, 3.05) is 0 Å². The second kappa shape index (κ2) is 6.09. The van der Waals surface area contributed by atoms with Gasteiger partial charge in [-0.1, -0.05) is 23.4 Å². The standard InChI is InChI=1S/C16H13N5O3/c22-16-11-5-2-1-4-10(11)12(19-20-16)8-17-9-14-18-15(21-24-14)13-6-3-7-23-13/h1-7,17H,8-9H2,(H,20,22). The Bertz CT molecular complexity index is 1020. The molecule has 0 aliphatic rings. The molecule has 3 aromatic heterocycles. The van der Waals surface area contributed by atoms with Gasteiger partial charge in [0.15, 0.2) is 5.76 Å². The molecule has 8 nitrogen and oxygen atoms in total. The first kappa shape index (κ1) is 14.3. The summed E-state index contributed by atoms with van der Waals surface area (Å²) in [6, 6.07) is 10.9. The van der Waals surface area contributed by atoms with Gasteiger partial charge in [-0.3, -0.25) is 4.79 Å². The molecule has 0 bridgehead atoms. The Morgan fingerprint density at radius 1 is 1.08 bits per heavy atom. The van der Waals surface area contributed by atoms with Crippen molar-refractivity contribution in [1.82, 2.24) is 25.7 Å². The molecule has 0 aliphatic carbocycles. The topological polar surface area (TPSA) is 110 Å². The maximum Gasteiger partial charge on any atom is 0.272 e. The van der Waals surface area contributed by atoms with Gasteiger partial charge >= 0.3 is 0 Å². The van der Waals surface area contributed by atoms with Crippen molar-refractivity contribution in [2.45, 2.75) is 13.1 Å². The van der Waals surface area contributed by atoms with Gasteiger partial charge in [0.2, 0.25) is 11.7 Å².